The number of likely N-dealkylation sites (N-methyl/N-ethyl adjacent to an activating group) is 1. The summed E-state index contributed by atoms with van der Waals surface area (Å²) in [7, 11) is 5.85. The minimum atomic E-state index is -1.91. The van der Waals surface area contributed by atoms with E-state index in [1.54, 1.807) is 68.1 Å². The number of nitrogens with zero attached hydrogens (tertiary/aromatic N) is 8. The second kappa shape index (κ2) is 45.9. The number of anilines is 1. The van der Waals surface area contributed by atoms with E-state index in [9.17, 15) is 48.3 Å². The first-order chi connectivity index (χ1) is 56.5. The molecule has 0 aliphatic carbocycles. The van der Waals surface area contributed by atoms with Gasteiger partial charge in [-0.2, -0.15) is 4.99 Å². The van der Waals surface area contributed by atoms with E-state index >= 15 is 0 Å². The molecule has 8 N–H and O–H groups in total. The molecule has 0 saturated carbocycles. The van der Waals surface area contributed by atoms with Crippen LogP contribution in [0.2, 0.25) is 5.02 Å². The summed E-state index contributed by atoms with van der Waals surface area (Å²) in [6.07, 6.45) is 17.6. The SMILES string of the molecule is CCCCCC(=O)N=C(N)/C=C\C=C(/C)CNCc1cc(CNC/C(C)=C/C=C\C=N)cc(OCCCCN(CC(=O)NCn2nnc3ccccc32)C(=O)CCCCCN2C(=O)CC(SCCC(=O)N(C)[C@H](C)C(=O)O[C@@H]3CC(=O)N(C)c4cc(cc(OC)c4Cl)C/C(C)=C/C=C/[C@H](OC)[C@]4(O)C[C@@H](OC(=O)N4)[C@H](C)[C@H]4O[C@@]43C)C2=O)c1. The molecule has 8 amide bonds. The number of benzene rings is 3. The number of likely N-dealkylation sites (tertiary alicyclic amines) is 1. The molecule has 8 rings (SSSR count). The zero-order chi connectivity index (χ0) is 85.6. The number of amidine groups is 1. The summed E-state index contributed by atoms with van der Waals surface area (Å²) in [4.78, 5) is 132. The van der Waals surface area contributed by atoms with Crippen LogP contribution < -0.4 is 41.4 Å². The molecule has 1 unspecified atom stereocenters. The van der Waals surface area contributed by atoms with Gasteiger partial charge in [0.1, 0.15) is 64.5 Å². The van der Waals surface area contributed by atoms with Crippen molar-refractivity contribution in [2.75, 3.05) is 78.3 Å². The number of esters is 1. The molecule has 32 heteroatoms. The van der Waals surface area contributed by atoms with Crippen LogP contribution in [0.1, 0.15) is 155 Å². The molecule has 3 fully saturated rings. The molecule has 3 saturated heterocycles. The number of imide groups is 1. The number of unbranched alkanes of at least 4 members (excludes halogenated alkanes) is 5. The van der Waals surface area contributed by atoms with Gasteiger partial charge in [-0.25, -0.2) is 14.3 Å². The van der Waals surface area contributed by atoms with Crippen LogP contribution in [-0.4, -0.2) is 221 Å². The minimum Gasteiger partial charge on any atom is -0.495 e. The van der Waals surface area contributed by atoms with Crippen molar-refractivity contribution in [3.05, 3.63) is 148 Å². The van der Waals surface area contributed by atoms with Gasteiger partial charge in [-0.3, -0.25) is 43.8 Å². The Labute approximate surface area is 700 Å². The molecule has 4 bridgehead atoms. The van der Waals surface area contributed by atoms with Gasteiger partial charge < -0.3 is 75.3 Å². The number of hydrogen-bond donors (Lipinski definition) is 7. The highest BCUT2D eigenvalue weighted by Gasteiger charge is 2.64. The molecule has 4 aliphatic rings. The lowest BCUT2D eigenvalue weighted by molar-refractivity contribution is -0.162. The summed E-state index contributed by atoms with van der Waals surface area (Å²) in [5.41, 5.74) is 10.2. The Kier molecular flexibility index (Phi) is 36.4. The number of aromatic nitrogens is 3. The molecule has 9 atom stereocenters. The predicted molar refractivity (Wildman–Crippen MR) is 454 cm³/mol. The van der Waals surface area contributed by atoms with Gasteiger partial charge in [0.25, 0.3) is 0 Å². The lowest BCUT2D eigenvalue weighted by Gasteiger charge is -2.42. The van der Waals surface area contributed by atoms with Gasteiger partial charge in [-0.1, -0.05) is 127 Å². The Hall–Kier alpha value is -9.89. The number of fused-ring (bicyclic) bond motifs is 6. The van der Waals surface area contributed by atoms with E-state index in [1.165, 1.54) is 54.0 Å². The number of methoxy groups -OCH3 is 2. The van der Waals surface area contributed by atoms with Crippen molar-refractivity contribution in [1.82, 2.24) is 51.0 Å². The van der Waals surface area contributed by atoms with Gasteiger partial charge in [0.05, 0.1) is 49.2 Å². The van der Waals surface area contributed by atoms with Crippen LogP contribution in [0.3, 0.4) is 0 Å². The highest BCUT2D eigenvalue weighted by molar-refractivity contribution is 8.00. The summed E-state index contributed by atoms with van der Waals surface area (Å²) in [6, 6.07) is 15.8. The van der Waals surface area contributed by atoms with Crippen LogP contribution in [0.5, 0.6) is 11.5 Å². The number of rotatable bonds is 41. The molecular weight excluding hydrogens is 1550 g/mol. The maximum absolute atomic E-state index is 14.6. The van der Waals surface area contributed by atoms with E-state index in [4.69, 9.17) is 51.2 Å². The molecule has 0 spiro atoms. The van der Waals surface area contributed by atoms with Crippen molar-refractivity contribution in [3.8, 4) is 11.5 Å². The highest BCUT2D eigenvalue weighted by Crippen LogP contribution is 2.49. The Bertz CT molecular complexity index is 4430. The molecule has 4 aliphatic heterocycles. The number of thioether (sulfide) groups is 1. The topological polar surface area (TPSA) is 387 Å². The summed E-state index contributed by atoms with van der Waals surface area (Å²) < 4.78 is 37.7. The van der Waals surface area contributed by atoms with Gasteiger partial charge >= 0.3 is 12.1 Å². The van der Waals surface area contributed by atoms with E-state index in [0.29, 0.717) is 100 Å². The third-order valence-corrected chi connectivity index (χ3v) is 22.8. The number of nitrogens with two attached hydrogens (primary N) is 1. The zero-order valence-corrected chi connectivity index (χ0v) is 71.3. The molecule has 5 heterocycles. The summed E-state index contributed by atoms with van der Waals surface area (Å²) >= 11 is 8.05. The monoisotopic (exact) mass is 1670 g/mol. The number of aliphatic hydroxyl groups is 1. The fourth-order valence-corrected chi connectivity index (χ4v) is 15.6. The minimum absolute atomic E-state index is 0.0322. The second-order valence-corrected chi connectivity index (χ2v) is 32.3. The molecule has 4 aromatic rings. The normalized spacial score (nSPS) is 22.3. The Morgan fingerprint density at radius 2 is 1.64 bits per heavy atom. The standard InChI is InChI=1S/C86H117ClN14O16S/c1-12-13-15-33-74(102)93-73(89)32-25-28-58(4)51-91-53-63-42-62(52-90-50-57(3)26-19-20-36-88)43-64(44-63)114-39-23-22-37-99(54-75(103)92-55-101-66-30-18-17-29-65(66)95-96-101)77(105)34-16-14-21-38-100-79(107)47-70(82(100)108)118-40-35-76(104)97(8)60(6)83(109)116-72-48-78(106)98(9)67-45-61(46-68(112-10)80(67)87)41-56(2)27-24-31-71(113-11)86(111)49-69(115-84(110)94-86)59(5)81-85(72,7)117-81/h17-20,24-32,36,42-46,59-60,69-72,81,88,90-91,111H,12-16,21-23,33-35,37-41,47-55H2,1-11H3,(H,92,103)(H,94,110)(H2,89,93,102)/b20-19-,31-24+,32-25-,56-27+,57-26+,58-28+,88-36?/t59-,60+,69+,70?,71-,72+,81+,85+,86+/m0/s1. The first-order valence-electron chi connectivity index (χ1n) is 40.3. The predicted octanol–water partition coefficient (Wildman–Crippen LogP) is 9.83. The second-order valence-electron chi connectivity index (χ2n) is 30.6. The summed E-state index contributed by atoms with van der Waals surface area (Å²) in [5, 5.41) is 39.4. The van der Waals surface area contributed by atoms with Crippen molar-refractivity contribution >= 4 is 106 Å². The number of hydrogen-bond acceptors (Lipinski definition) is 22. The van der Waals surface area contributed by atoms with Crippen LogP contribution in [0, 0.1) is 11.3 Å². The number of allylic oxidation sites excluding steroid dienone is 8. The Morgan fingerprint density at radius 3 is 2.35 bits per heavy atom. The van der Waals surface area contributed by atoms with Crippen LogP contribution in [-0.2, 0) is 83.5 Å². The van der Waals surface area contributed by atoms with E-state index in [1.807, 2.05) is 81.5 Å². The number of carbonyl (C=O) groups excluding carboxylic acids is 9. The fourth-order valence-electron chi connectivity index (χ4n) is 14.2. The summed E-state index contributed by atoms with van der Waals surface area (Å²) in [5.74, 6) is -2.77. The maximum Gasteiger partial charge on any atom is 0.409 e. The molecule has 0 radical (unpaired) electrons. The molecule has 30 nitrogen and oxygen atoms in total. The lowest BCUT2D eigenvalue weighted by Crippen LogP contribution is -2.63. The van der Waals surface area contributed by atoms with Gasteiger partial charge in [-0.15, -0.1) is 16.9 Å². The number of aliphatic imine (C=N–C) groups is 1. The highest BCUT2D eigenvalue weighted by atomic mass is 35.5. The number of halogens is 1. The molecule has 1 aromatic heterocycles. The quantitative estimate of drug-likeness (QED) is 0.00413. The van der Waals surface area contributed by atoms with E-state index in [0.717, 1.165) is 70.0 Å². The van der Waals surface area contributed by atoms with Gasteiger partial charge in [-0.05, 0) is 138 Å². The third kappa shape index (κ3) is 27.6. The van der Waals surface area contributed by atoms with Gasteiger partial charge in [0.15, 0.2) is 5.72 Å². The van der Waals surface area contributed by atoms with Crippen molar-refractivity contribution in [3.63, 3.8) is 0 Å². The number of epoxide rings is 1. The number of ether oxygens (including phenoxy) is 6. The van der Waals surface area contributed by atoms with Crippen molar-refractivity contribution in [1.29, 1.82) is 5.41 Å². The van der Waals surface area contributed by atoms with Crippen LogP contribution in [0.15, 0.2) is 131 Å². The fraction of sp³-hybridized carbons (Fsp3) is 0.523. The van der Waals surface area contributed by atoms with Gasteiger partial charge in [0, 0.05) is 110 Å². The third-order valence-electron chi connectivity index (χ3n) is 21.2. The maximum atomic E-state index is 14.6. The first-order valence-corrected chi connectivity index (χ1v) is 41.7. The average molecular weight is 1670 g/mol. The molecule has 118 heavy (non-hydrogen) atoms. The van der Waals surface area contributed by atoms with E-state index in [2.05, 4.69) is 49.6 Å². The smallest absolute Gasteiger partial charge is 0.409 e. The van der Waals surface area contributed by atoms with Gasteiger partial charge in [0.2, 0.25) is 41.4 Å². The largest absolute Gasteiger partial charge is 0.495 e. The van der Waals surface area contributed by atoms with Crippen LogP contribution >= 0.6 is 23.4 Å². The Balaban J connectivity index is 0.831. The Morgan fingerprint density at radius 1 is 0.915 bits per heavy atom. The number of amides is 8. The van der Waals surface area contributed by atoms with Crippen molar-refractivity contribution < 1.29 is 76.7 Å². The summed E-state index contributed by atoms with van der Waals surface area (Å²) in [6.45, 7) is 15.7. The van der Waals surface area contributed by atoms with Crippen LogP contribution in [0.4, 0.5) is 10.5 Å². The number of alkyl carbamates (subject to hydrolysis) is 1. The molecule has 3 aromatic carbocycles. The number of carbonyl (C=O) groups is 9. The van der Waals surface area contributed by atoms with Crippen molar-refractivity contribution in [2.24, 2.45) is 16.6 Å². The van der Waals surface area contributed by atoms with Crippen LogP contribution in [0.25, 0.3) is 11.0 Å². The molecule has 640 valence electrons. The number of nitrogens with one attached hydrogen (secondary N) is 5. The number of para-hydroxylation sites is 1. The van der Waals surface area contributed by atoms with Crippen molar-refractivity contribution in [2.45, 2.75) is 212 Å². The van der Waals surface area contributed by atoms with E-state index < -0.39 is 89.2 Å². The zero-order valence-electron chi connectivity index (χ0n) is 69.7. The first kappa shape index (κ1) is 93.6. The lowest BCUT2D eigenvalue weighted by atomic mass is 9.83. The average Bonchev–Trinajstić information content (AvgIpc) is 1.57. The molecular formula is C86H117ClN14O16S. The van der Waals surface area contributed by atoms with E-state index in [-0.39, 0.29) is 92.2 Å².